The van der Waals surface area contributed by atoms with Crippen LogP contribution in [0, 0.1) is 0 Å². The monoisotopic (exact) mass is 473 g/mol. The van der Waals surface area contributed by atoms with Crippen LogP contribution in [0.25, 0.3) is 15.8 Å². The summed E-state index contributed by atoms with van der Waals surface area (Å²) >= 11 is 7.69. The molecular weight excluding hydrogens is 453 g/mol. The molecule has 4 heterocycles. The van der Waals surface area contributed by atoms with Crippen molar-refractivity contribution in [3.05, 3.63) is 86.4 Å². The fourth-order valence-corrected chi connectivity index (χ4v) is 5.17. The van der Waals surface area contributed by atoms with Gasteiger partial charge in [-0.1, -0.05) is 17.7 Å². The minimum absolute atomic E-state index is 0. The van der Waals surface area contributed by atoms with Crippen LogP contribution in [0.5, 0.6) is 5.75 Å². The molecule has 1 aliphatic heterocycles. The number of hydrogen-bond acceptors (Lipinski definition) is 5. The van der Waals surface area contributed by atoms with E-state index in [2.05, 4.69) is 22.4 Å². The second-order valence-corrected chi connectivity index (χ2v) is 8.83. The Kier molecular flexibility index (Phi) is 6.62. The van der Waals surface area contributed by atoms with E-state index in [0.717, 1.165) is 37.3 Å². The molecule has 0 saturated carbocycles. The van der Waals surface area contributed by atoms with Gasteiger partial charge in [0.25, 0.3) is 5.56 Å². The van der Waals surface area contributed by atoms with Gasteiger partial charge in [-0.25, -0.2) is 0 Å². The molecule has 0 fully saturated rings. The van der Waals surface area contributed by atoms with Crippen molar-refractivity contribution in [1.29, 1.82) is 0 Å². The van der Waals surface area contributed by atoms with Gasteiger partial charge in [0.05, 0.1) is 16.4 Å². The zero-order valence-corrected chi connectivity index (χ0v) is 19.0. The maximum Gasteiger partial charge on any atom is 0.258 e. The van der Waals surface area contributed by atoms with Crippen LogP contribution < -0.4 is 15.6 Å². The highest BCUT2D eigenvalue weighted by Crippen LogP contribution is 2.34. The number of hydrogen-bond donors (Lipinski definition) is 1. The lowest BCUT2D eigenvalue weighted by Crippen LogP contribution is -2.17. The third kappa shape index (κ3) is 4.62. The summed E-state index contributed by atoms with van der Waals surface area (Å²) in [5, 5.41) is 5.35. The summed E-state index contributed by atoms with van der Waals surface area (Å²) in [6.45, 7) is 2.33. The quantitative estimate of drug-likeness (QED) is 0.462. The topological polar surface area (TPSA) is 56.1 Å². The van der Waals surface area contributed by atoms with Crippen LogP contribution in [-0.2, 0) is 19.4 Å². The molecule has 5 rings (SSSR count). The molecular formula is C23H21Cl2N3O2S. The Bertz CT molecular complexity index is 1270. The van der Waals surface area contributed by atoms with Crippen molar-refractivity contribution in [3.8, 4) is 11.4 Å². The number of rotatable bonds is 4. The molecule has 0 atom stereocenters. The lowest BCUT2D eigenvalue weighted by Gasteiger charge is -2.09. The van der Waals surface area contributed by atoms with E-state index in [1.807, 2.05) is 17.4 Å². The van der Waals surface area contributed by atoms with Gasteiger partial charge in [-0.15, -0.1) is 23.7 Å². The SMILES string of the molecule is Cl.O=c1cc(OCc2ccc(Cl)cn2)ccn1-c1ccc2c3c(sc2c1)CCNCC3. The Morgan fingerprint density at radius 1 is 1.13 bits per heavy atom. The highest BCUT2D eigenvalue weighted by atomic mass is 35.5. The van der Waals surface area contributed by atoms with Gasteiger partial charge in [0.1, 0.15) is 12.4 Å². The van der Waals surface area contributed by atoms with Crippen molar-refractivity contribution in [1.82, 2.24) is 14.9 Å². The lowest BCUT2D eigenvalue weighted by molar-refractivity contribution is 0.300. The van der Waals surface area contributed by atoms with E-state index in [-0.39, 0.29) is 24.6 Å². The number of halogens is 2. The number of nitrogens with one attached hydrogen (secondary N) is 1. The molecule has 0 amide bonds. The predicted octanol–water partition coefficient (Wildman–Crippen LogP) is 4.79. The highest BCUT2D eigenvalue weighted by molar-refractivity contribution is 7.19. The first-order valence-electron chi connectivity index (χ1n) is 9.89. The Morgan fingerprint density at radius 3 is 2.81 bits per heavy atom. The standard InChI is InChI=1S/C23H20ClN3O2S.ClH/c24-15-1-2-16(26-13-15)14-29-18-7-10-27(23(28)12-18)17-3-4-19-20-5-8-25-9-6-21(20)30-22(19)11-17;/h1-4,7,10-13,25H,5-6,8-9,14H2;1H. The Balaban J connectivity index is 0.00000231. The van der Waals surface area contributed by atoms with Crippen molar-refractivity contribution in [2.75, 3.05) is 13.1 Å². The number of nitrogens with zero attached hydrogens (tertiary/aromatic N) is 2. The number of fused-ring (bicyclic) bond motifs is 3. The van der Waals surface area contributed by atoms with Gasteiger partial charge in [0, 0.05) is 28.0 Å². The van der Waals surface area contributed by atoms with Crippen molar-refractivity contribution < 1.29 is 4.74 Å². The van der Waals surface area contributed by atoms with Crippen molar-refractivity contribution in [2.24, 2.45) is 0 Å². The molecule has 1 aromatic carbocycles. The zero-order valence-electron chi connectivity index (χ0n) is 16.6. The summed E-state index contributed by atoms with van der Waals surface area (Å²) in [5.41, 5.74) is 2.95. The van der Waals surface area contributed by atoms with Gasteiger partial charge in [-0.05, 0) is 67.2 Å². The van der Waals surface area contributed by atoms with Crippen LogP contribution in [-0.4, -0.2) is 22.6 Å². The van der Waals surface area contributed by atoms with Crippen LogP contribution in [0.2, 0.25) is 5.02 Å². The first kappa shape index (κ1) is 21.8. The fourth-order valence-electron chi connectivity index (χ4n) is 3.77. The predicted molar refractivity (Wildman–Crippen MR) is 129 cm³/mol. The number of pyridine rings is 2. The maximum atomic E-state index is 12.7. The number of ether oxygens (including phenoxy) is 1. The van der Waals surface area contributed by atoms with E-state index in [1.54, 1.807) is 35.2 Å². The number of benzene rings is 1. The van der Waals surface area contributed by atoms with E-state index in [4.69, 9.17) is 16.3 Å². The molecule has 0 saturated heterocycles. The zero-order chi connectivity index (χ0) is 20.5. The molecule has 5 nitrogen and oxygen atoms in total. The largest absolute Gasteiger partial charge is 0.487 e. The minimum atomic E-state index is -0.127. The summed E-state index contributed by atoms with van der Waals surface area (Å²) in [6, 6.07) is 13.2. The molecule has 0 unspecified atom stereocenters. The maximum absolute atomic E-state index is 12.7. The molecule has 1 aliphatic rings. The van der Waals surface area contributed by atoms with Crippen molar-refractivity contribution >= 4 is 45.4 Å². The van der Waals surface area contributed by atoms with Gasteiger partial charge in [0.2, 0.25) is 0 Å². The summed E-state index contributed by atoms with van der Waals surface area (Å²) in [4.78, 5) is 18.4. The average Bonchev–Trinajstić information content (AvgIpc) is 2.93. The Labute approximate surface area is 195 Å². The van der Waals surface area contributed by atoms with Crippen LogP contribution in [0.4, 0.5) is 0 Å². The second kappa shape index (κ2) is 9.40. The van der Waals surface area contributed by atoms with Crippen LogP contribution >= 0.6 is 35.3 Å². The molecule has 31 heavy (non-hydrogen) atoms. The second-order valence-electron chi connectivity index (χ2n) is 7.26. The van der Waals surface area contributed by atoms with Gasteiger partial charge >= 0.3 is 0 Å². The van der Waals surface area contributed by atoms with Crippen LogP contribution in [0.3, 0.4) is 0 Å². The summed E-state index contributed by atoms with van der Waals surface area (Å²) in [6.07, 6.45) is 5.47. The Morgan fingerprint density at radius 2 is 2.00 bits per heavy atom. The summed E-state index contributed by atoms with van der Waals surface area (Å²) in [7, 11) is 0. The van der Waals surface area contributed by atoms with E-state index in [0.29, 0.717) is 10.8 Å². The molecule has 0 spiro atoms. The van der Waals surface area contributed by atoms with Crippen LogP contribution in [0.15, 0.2) is 59.7 Å². The van der Waals surface area contributed by atoms with E-state index in [9.17, 15) is 4.79 Å². The van der Waals surface area contributed by atoms with E-state index in [1.165, 1.54) is 26.6 Å². The van der Waals surface area contributed by atoms with Gasteiger partial charge in [0.15, 0.2) is 0 Å². The molecule has 3 aromatic heterocycles. The molecule has 0 aliphatic carbocycles. The molecule has 0 radical (unpaired) electrons. The van der Waals surface area contributed by atoms with E-state index < -0.39 is 0 Å². The van der Waals surface area contributed by atoms with Crippen LogP contribution in [0.1, 0.15) is 16.1 Å². The number of aromatic nitrogens is 2. The molecule has 8 heteroatoms. The van der Waals surface area contributed by atoms with Crippen molar-refractivity contribution in [3.63, 3.8) is 0 Å². The molecule has 160 valence electrons. The van der Waals surface area contributed by atoms with Gasteiger partial charge < -0.3 is 10.1 Å². The Hall–Kier alpha value is -2.38. The molecule has 4 aromatic rings. The smallest absolute Gasteiger partial charge is 0.258 e. The first-order chi connectivity index (χ1) is 14.7. The first-order valence-corrected chi connectivity index (χ1v) is 11.1. The van der Waals surface area contributed by atoms with Crippen molar-refractivity contribution in [2.45, 2.75) is 19.4 Å². The van der Waals surface area contributed by atoms with Gasteiger partial charge in [-0.3, -0.25) is 14.3 Å². The van der Waals surface area contributed by atoms with Gasteiger partial charge in [-0.2, -0.15) is 0 Å². The van der Waals surface area contributed by atoms with E-state index >= 15 is 0 Å². The number of thiophene rings is 1. The summed E-state index contributed by atoms with van der Waals surface area (Å²) < 4.78 is 8.61. The third-order valence-electron chi connectivity index (χ3n) is 5.29. The third-order valence-corrected chi connectivity index (χ3v) is 6.76. The summed E-state index contributed by atoms with van der Waals surface area (Å²) in [5.74, 6) is 0.518. The molecule has 1 N–H and O–H groups in total. The highest BCUT2D eigenvalue weighted by Gasteiger charge is 2.15. The molecule has 0 bridgehead atoms. The fraction of sp³-hybridized carbons (Fsp3) is 0.217. The minimum Gasteiger partial charge on any atom is -0.487 e. The normalized spacial score (nSPS) is 13.3. The average molecular weight is 474 g/mol. The lowest BCUT2D eigenvalue weighted by atomic mass is 10.1.